The molecule has 1 aromatic carbocycles. The number of rotatable bonds is 6. The fourth-order valence-corrected chi connectivity index (χ4v) is 5.92. The predicted octanol–water partition coefficient (Wildman–Crippen LogP) is 3.70. The molecule has 0 atom stereocenters. The number of hydrogen-bond donors (Lipinski definition) is 5. The summed E-state index contributed by atoms with van der Waals surface area (Å²) in [6.07, 6.45) is 6.28. The van der Waals surface area contributed by atoms with Crippen molar-refractivity contribution in [2.75, 3.05) is 10.6 Å². The fraction of sp³-hybridized carbons (Fsp3) is 0.346. The lowest BCUT2D eigenvalue weighted by molar-refractivity contribution is -0.145. The number of anilines is 3. The van der Waals surface area contributed by atoms with Crippen LogP contribution >= 0.6 is 11.3 Å². The van der Waals surface area contributed by atoms with Gasteiger partial charge < -0.3 is 25.6 Å². The third-order valence-corrected chi connectivity index (χ3v) is 8.39. The van der Waals surface area contributed by atoms with Crippen LogP contribution in [0.5, 0.6) is 5.75 Å². The molecule has 0 bridgehead atoms. The van der Waals surface area contributed by atoms with E-state index in [1.807, 2.05) is 6.07 Å². The molecule has 0 unspecified atom stereocenters. The van der Waals surface area contributed by atoms with Crippen molar-refractivity contribution < 1.29 is 24.5 Å². The number of ether oxygens (including phenoxy) is 1. The van der Waals surface area contributed by atoms with Gasteiger partial charge in [0.2, 0.25) is 5.95 Å². The van der Waals surface area contributed by atoms with E-state index in [1.165, 1.54) is 11.3 Å². The summed E-state index contributed by atoms with van der Waals surface area (Å²) < 4.78 is 6.17. The number of carboxylic acids is 1. The monoisotopic (exact) mass is 562 g/mol. The standard InChI is InChI=1S/C26H26N8O5S/c1-25(2)22(37)31-17-10-14(30-24-27-8-5-16(32-24)18-11-29-34-33-18)9-15(20(17)39-25)19-12-28-23(40-19)26(38)6-3-13(4-7-26)21(35)36/h5,8-13,38H,3-4,6-7H2,1-2H3,(H,31,37)(H,35,36)(H,27,30,32)(H,29,33,34). The molecule has 40 heavy (non-hydrogen) atoms. The smallest absolute Gasteiger partial charge is 0.306 e. The van der Waals surface area contributed by atoms with E-state index in [9.17, 15) is 19.8 Å². The number of aromatic amines is 1. The van der Waals surface area contributed by atoms with Crippen LogP contribution in [0.25, 0.3) is 21.8 Å². The average Bonchev–Trinajstić information content (AvgIpc) is 3.63. The number of carbonyl (C=O) groups excluding carboxylic acids is 1. The van der Waals surface area contributed by atoms with Gasteiger partial charge in [-0.2, -0.15) is 0 Å². The van der Waals surface area contributed by atoms with Crippen LogP contribution in [0.1, 0.15) is 44.5 Å². The van der Waals surface area contributed by atoms with Gasteiger partial charge in [-0.25, -0.2) is 15.0 Å². The molecule has 3 aromatic heterocycles. The summed E-state index contributed by atoms with van der Waals surface area (Å²) in [7, 11) is 0. The Balaban J connectivity index is 1.36. The van der Waals surface area contributed by atoms with Crippen molar-refractivity contribution in [3.8, 4) is 27.6 Å². The molecule has 0 radical (unpaired) electrons. The second kappa shape index (κ2) is 9.64. The Labute approximate surface area is 232 Å². The first-order valence-corrected chi connectivity index (χ1v) is 13.5. The second-order valence-electron chi connectivity index (χ2n) is 10.4. The van der Waals surface area contributed by atoms with Crippen molar-refractivity contribution in [2.24, 2.45) is 5.92 Å². The van der Waals surface area contributed by atoms with Crippen LogP contribution in [0.15, 0.2) is 36.8 Å². The highest BCUT2D eigenvalue weighted by Gasteiger charge is 2.40. The summed E-state index contributed by atoms with van der Waals surface area (Å²) in [5.74, 6) is -0.802. The molecule has 5 N–H and O–H groups in total. The molecule has 14 heteroatoms. The lowest BCUT2D eigenvalue weighted by Gasteiger charge is -2.33. The minimum atomic E-state index is -1.20. The number of nitrogens with one attached hydrogen (secondary N) is 3. The van der Waals surface area contributed by atoms with Gasteiger partial charge in [0.05, 0.1) is 28.4 Å². The van der Waals surface area contributed by atoms with E-state index in [0.717, 1.165) is 0 Å². The molecule has 0 saturated heterocycles. The highest BCUT2D eigenvalue weighted by atomic mass is 32.1. The van der Waals surface area contributed by atoms with Crippen molar-refractivity contribution in [2.45, 2.75) is 50.7 Å². The van der Waals surface area contributed by atoms with Crippen molar-refractivity contribution in [3.05, 3.63) is 41.8 Å². The van der Waals surface area contributed by atoms with Gasteiger partial charge in [0, 0.05) is 23.6 Å². The van der Waals surface area contributed by atoms with E-state index in [-0.39, 0.29) is 5.91 Å². The number of carboxylic acid groups (broad SMARTS) is 1. The van der Waals surface area contributed by atoms with Gasteiger partial charge in [0.15, 0.2) is 11.4 Å². The number of aliphatic hydroxyl groups is 1. The second-order valence-corrected chi connectivity index (χ2v) is 11.4. The zero-order chi connectivity index (χ0) is 28.1. The van der Waals surface area contributed by atoms with E-state index in [1.54, 1.807) is 44.6 Å². The number of hydrogen-bond acceptors (Lipinski definition) is 11. The molecule has 0 spiro atoms. The number of benzene rings is 1. The maximum Gasteiger partial charge on any atom is 0.306 e. The van der Waals surface area contributed by atoms with Gasteiger partial charge in [0.25, 0.3) is 5.91 Å². The Morgan fingerprint density at radius 2 is 2.00 bits per heavy atom. The third-order valence-electron chi connectivity index (χ3n) is 7.16. The lowest BCUT2D eigenvalue weighted by atomic mass is 9.79. The van der Waals surface area contributed by atoms with Gasteiger partial charge in [-0.3, -0.25) is 14.7 Å². The van der Waals surface area contributed by atoms with Crippen LogP contribution in [-0.4, -0.2) is 58.1 Å². The van der Waals surface area contributed by atoms with Crippen molar-refractivity contribution in [1.29, 1.82) is 0 Å². The molecule has 1 amide bonds. The van der Waals surface area contributed by atoms with Gasteiger partial charge in [0.1, 0.15) is 16.3 Å². The van der Waals surface area contributed by atoms with Crippen LogP contribution in [0.4, 0.5) is 17.3 Å². The molecule has 1 aliphatic heterocycles. The molecule has 6 rings (SSSR count). The zero-order valence-corrected chi connectivity index (χ0v) is 22.4. The summed E-state index contributed by atoms with van der Waals surface area (Å²) in [5, 5.41) is 37.7. The summed E-state index contributed by atoms with van der Waals surface area (Å²) in [4.78, 5) is 38.2. The SMILES string of the molecule is CC1(C)Oc2c(cc(Nc3nccc(-c4c[nH]nn4)n3)cc2-c2cnc(C3(O)CCC(C(=O)O)CC3)s2)NC1=O. The Kier molecular flexibility index (Phi) is 6.22. The molecular weight excluding hydrogens is 536 g/mol. The average molecular weight is 563 g/mol. The van der Waals surface area contributed by atoms with Crippen LogP contribution < -0.4 is 15.4 Å². The first-order chi connectivity index (χ1) is 19.1. The number of aliphatic carboxylic acids is 1. The van der Waals surface area contributed by atoms with Gasteiger partial charge in [-0.1, -0.05) is 5.21 Å². The van der Waals surface area contributed by atoms with Gasteiger partial charge in [-0.05, 0) is 57.7 Å². The van der Waals surface area contributed by atoms with Crippen LogP contribution in [0.2, 0.25) is 0 Å². The normalized spacial score (nSPS) is 21.7. The molecule has 1 fully saturated rings. The Hall–Kier alpha value is -4.43. The van der Waals surface area contributed by atoms with Gasteiger partial charge in [-0.15, -0.1) is 16.4 Å². The van der Waals surface area contributed by atoms with E-state index in [2.05, 4.69) is 41.0 Å². The predicted molar refractivity (Wildman–Crippen MR) is 145 cm³/mol. The van der Waals surface area contributed by atoms with Crippen molar-refractivity contribution >= 4 is 40.5 Å². The van der Waals surface area contributed by atoms with Crippen LogP contribution in [-0.2, 0) is 15.2 Å². The molecule has 1 aliphatic carbocycles. The summed E-state index contributed by atoms with van der Waals surface area (Å²) in [5.41, 5.74) is 0.541. The largest absolute Gasteiger partial charge is 0.481 e. The van der Waals surface area contributed by atoms with Crippen LogP contribution in [0.3, 0.4) is 0 Å². The summed E-state index contributed by atoms with van der Waals surface area (Å²) >= 11 is 1.31. The number of carbonyl (C=O) groups is 2. The van der Waals surface area contributed by atoms with E-state index >= 15 is 0 Å². The molecule has 2 aliphatic rings. The van der Waals surface area contributed by atoms with Gasteiger partial charge >= 0.3 is 5.97 Å². The number of H-pyrrole nitrogens is 1. The Morgan fingerprint density at radius 3 is 2.73 bits per heavy atom. The maximum atomic E-state index is 12.7. The number of fused-ring (bicyclic) bond motifs is 1. The lowest BCUT2D eigenvalue weighted by Crippen LogP contribution is -2.45. The van der Waals surface area contributed by atoms with Crippen molar-refractivity contribution in [1.82, 2.24) is 30.4 Å². The van der Waals surface area contributed by atoms with E-state index in [0.29, 0.717) is 75.6 Å². The zero-order valence-electron chi connectivity index (χ0n) is 21.6. The Bertz CT molecular complexity index is 1590. The third kappa shape index (κ3) is 4.75. The fourth-order valence-electron chi connectivity index (χ4n) is 4.85. The van der Waals surface area contributed by atoms with E-state index < -0.39 is 23.1 Å². The number of amides is 1. The number of aromatic nitrogens is 6. The van der Waals surface area contributed by atoms with Crippen molar-refractivity contribution in [3.63, 3.8) is 0 Å². The first kappa shape index (κ1) is 25.8. The minimum absolute atomic E-state index is 0.290. The molecule has 4 heterocycles. The summed E-state index contributed by atoms with van der Waals surface area (Å²) in [6.45, 7) is 3.37. The number of nitrogens with zero attached hydrogens (tertiary/aromatic N) is 5. The molecule has 1 saturated carbocycles. The van der Waals surface area contributed by atoms with E-state index in [4.69, 9.17) is 4.74 Å². The van der Waals surface area contributed by atoms with Crippen LogP contribution in [0, 0.1) is 5.92 Å². The molecule has 4 aromatic rings. The maximum absolute atomic E-state index is 12.7. The molecule has 13 nitrogen and oxygen atoms in total. The molecular formula is C26H26N8O5S. The highest BCUT2D eigenvalue weighted by Crippen LogP contribution is 2.48. The molecule has 206 valence electrons. The topological polar surface area (TPSA) is 188 Å². The highest BCUT2D eigenvalue weighted by molar-refractivity contribution is 7.15. The first-order valence-electron chi connectivity index (χ1n) is 12.7. The Morgan fingerprint density at radius 1 is 1.20 bits per heavy atom. The minimum Gasteiger partial charge on any atom is -0.481 e. The summed E-state index contributed by atoms with van der Waals surface area (Å²) in [6, 6.07) is 5.30. The number of thiazole rings is 1. The quantitative estimate of drug-likeness (QED) is 0.230.